The number of ether oxygens (including phenoxy) is 1. The molecule has 0 radical (unpaired) electrons. The molecule has 0 fully saturated rings. The molecule has 0 unspecified atom stereocenters. The number of carbonyl (C=O) groups is 1. The Morgan fingerprint density at radius 2 is 1.89 bits per heavy atom. The summed E-state index contributed by atoms with van der Waals surface area (Å²) in [5, 5.41) is 3.25. The second-order valence-corrected chi connectivity index (χ2v) is 6.09. The average Bonchev–Trinajstić information content (AvgIpc) is 2.73. The minimum absolute atomic E-state index is 0.104. The van der Waals surface area contributed by atoms with Gasteiger partial charge in [-0.3, -0.25) is 9.78 Å². The molecule has 0 spiro atoms. The molecule has 2 aromatic heterocycles. The number of pyridine rings is 2. The highest BCUT2D eigenvalue weighted by molar-refractivity contribution is 5.92. The zero-order chi connectivity index (χ0) is 19.1. The quantitative estimate of drug-likeness (QED) is 0.696. The van der Waals surface area contributed by atoms with Crippen molar-refractivity contribution in [3.8, 4) is 5.75 Å². The number of likely N-dealkylation sites (N-methyl/N-ethyl adjacent to an activating group) is 1. The van der Waals surface area contributed by atoms with E-state index < -0.39 is 0 Å². The summed E-state index contributed by atoms with van der Waals surface area (Å²) in [7, 11) is 3.41. The van der Waals surface area contributed by atoms with E-state index in [1.54, 1.807) is 43.7 Å². The number of rotatable bonds is 7. The summed E-state index contributed by atoms with van der Waals surface area (Å²) in [5.74, 6) is 0.640. The topological polar surface area (TPSA) is 67.3 Å². The van der Waals surface area contributed by atoms with Crippen molar-refractivity contribution < 1.29 is 9.53 Å². The molecule has 0 aliphatic carbocycles. The molecule has 1 aromatic carbocycles. The molecule has 0 atom stereocenters. The van der Waals surface area contributed by atoms with Gasteiger partial charge in [-0.15, -0.1) is 0 Å². The smallest absolute Gasteiger partial charge is 0.272 e. The lowest BCUT2D eigenvalue weighted by Crippen LogP contribution is -2.29. The van der Waals surface area contributed by atoms with Crippen LogP contribution >= 0.6 is 0 Å². The molecule has 3 aromatic rings. The molecule has 27 heavy (non-hydrogen) atoms. The summed E-state index contributed by atoms with van der Waals surface area (Å²) in [5.41, 5.74) is 3.19. The minimum Gasteiger partial charge on any atom is -0.495 e. The molecular weight excluding hydrogens is 340 g/mol. The highest BCUT2D eigenvalue weighted by Crippen LogP contribution is 2.26. The first-order valence-corrected chi connectivity index (χ1v) is 8.68. The summed E-state index contributed by atoms with van der Waals surface area (Å²) >= 11 is 0. The van der Waals surface area contributed by atoms with Crippen LogP contribution in [0, 0.1) is 0 Å². The number of methoxy groups -OCH3 is 1. The van der Waals surface area contributed by atoms with E-state index in [0.717, 1.165) is 29.1 Å². The molecule has 1 N–H and O–H groups in total. The molecule has 6 nitrogen and oxygen atoms in total. The monoisotopic (exact) mass is 362 g/mol. The third kappa shape index (κ3) is 4.82. The standard InChI is InChI=1S/C21H22N4O2/c1-25(14-11-16-9-12-22-13-10-16)21(26)19-8-7-17(15-23-19)24-18-5-3-4-6-20(18)27-2/h3-10,12-13,15,24H,11,14H2,1-2H3. The van der Waals surface area contributed by atoms with Gasteiger partial charge in [0.25, 0.3) is 5.91 Å². The normalized spacial score (nSPS) is 10.3. The van der Waals surface area contributed by atoms with Crippen molar-refractivity contribution in [3.63, 3.8) is 0 Å². The first-order chi connectivity index (χ1) is 13.2. The Balaban J connectivity index is 1.61. The van der Waals surface area contributed by atoms with Crippen LogP contribution in [0.15, 0.2) is 67.1 Å². The fraction of sp³-hybridized carbons (Fsp3) is 0.190. The average molecular weight is 362 g/mol. The van der Waals surface area contributed by atoms with E-state index in [1.807, 2.05) is 42.5 Å². The molecule has 138 valence electrons. The maximum atomic E-state index is 12.5. The van der Waals surface area contributed by atoms with E-state index in [-0.39, 0.29) is 5.91 Å². The molecule has 1 amide bonds. The van der Waals surface area contributed by atoms with Crippen LogP contribution in [0.3, 0.4) is 0 Å². The largest absolute Gasteiger partial charge is 0.495 e. The maximum Gasteiger partial charge on any atom is 0.272 e. The van der Waals surface area contributed by atoms with Crippen LogP contribution in [0.2, 0.25) is 0 Å². The Morgan fingerprint density at radius 1 is 1.11 bits per heavy atom. The van der Waals surface area contributed by atoms with Crippen molar-refractivity contribution in [3.05, 3.63) is 78.4 Å². The van der Waals surface area contributed by atoms with Crippen LogP contribution in [0.25, 0.3) is 0 Å². The van der Waals surface area contributed by atoms with E-state index in [0.29, 0.717) is 12.2 Å². The first-order valence-electron chi connectivity index (χ1n) is 8.68. The molecule has 0 bridgehead atoms. The Hall–Kier alpha value is -3.41. The number of nitrogens with zero attached hydrogens (tertiary/aromatic N) is 3. The van der Waals surface area contributed by atoms with Crippen molar-refractivity contribution in [2.24, 2.45) is 0 Å². The minimum atomic E-state index is -0.104. The number of para-hydroxylation sites is 2. The number of amides is 1. The highest BCUT2D eigenvalue weighted by atomic mass is 16.5. The van der Waals surface area contributed by atoms with Crippen LogP contribution in [0.1, 0.15) is 16.1 Å². The van der Waals surface area contributed by atoms with Gasteiger partial charge in [0.05, 0.1) is 24.7 Å². The fourth-order valence-corrected chi connectivity index (χ4v) is 2.64. The molecule has 0 aliphatic rings. The molecule has 3 rings (SSSR count). The van der Waals surface area contributed by atoms with Gasteiger partial charge in [0.1, 0.15) is 11.4 Å². The van der Waals surface area contributed by atoms with Crippen LogP contribution in [-0.4, -0.2) is 41.5 Å². The lowest BCUT2D eigenvalue weighted by atomic mass is 10.2. The van der Waals surface area contributed by atoms with Gasteiger partial charge in [-0.2, -0.15) is 0 Å². The van der Waals surface area contributed by atoms with Gasteiger partial charge >= 0.3 is 0 Å². The number of nitrogens with one attached hydrogen (secondary N) is 1. The summed E-state index contributed by atoms with van der Waals surface area (Å²) < 4.78 is 5.33. The molecule has 2 heterocycles. The second kappa shape index (κ2) is 8.80. The van der Waals surface area contributed by atoms with E-state index in [1.165, 1.54) is 0 Å². The lowest BCUT2D eigenvalue weighted by Gasteiger charge is -2.17. The van der Waals surface area contributed by atoms with E-state index in [9.17, 15) is 4.79 Å². The Morgan fingerprint density at radius 3 is 2.59 bits per heavy atom. The maximum absolute atomic E-state index is 12.5. The van der Waals surface area contributed by atoms with Crippen LogP contribution < -0.4 is 10.1 Å². The molecule has 0 aliphatic heterocycles. The van der Waals surface area contributed by atoms with Crippen molar-refractivity contribution in [2.75, 3.05) is 26.0 Å². The Bertz CT molecular complexity index is 882. The summed E-state index contributed by atoms with van der Waals surface area (Å²) in [4.78, 5) is 22.5. The van der Waals surface area contributed by atoms with Gasteiger partial charge in [0.2, 0.25) is 0 Å². The predicted molar refractivity (Wildman–Crippen MR) is 105 cm³/mol. The fourth-order valence-electron chi connectivity index (χ4n) is 2.64. The van der Waals surface area contributed by atoms with Gasteiger partial charge in [0, 0.05) is 26.0 Å². The number of hydrogen-bond donors (Lipinski definition) is 1. The second-order valence-electron chi connectivity index (χ2n) is 6.09. The Kier molecular flexibility index (Phi) is 5.99. The van der Waals surface area contributed by atoms with Crippen molar-refractivity contribution in [1.82, 2.24) is 14.9 Å². The zero-order valence-corrected chi connectivity index (χ0v) is 15.4. The van der Waals surface area contributed by atoms with Crippen molar-refractivity contribution in [2.45, 2.75) is 6.42 Å². The molecule has 6 heteroatoms. The third-order valence-electron chi connectivity index (χ3n) is 4.20. The van der Waals surface area contributed by atoms with E-state index >= 15 is 0 Å². The number of aromatic nitrogens is 2. The van der Waals surface area contributed by atoms with Gasteiger partial charge in [-0.1, -0.05) is 12.1 Å². The van der Waals surface area contributed by atoms with E-state index in [4.69, 9.17) is 4.74 Å². The summed E-state index contributed by atoms with van der Waals surface area (Å²) in [6.45, 7) is 0.617. The lowest BCUT2D eigenvalue weighted by molar-refractivity contribution is 0.0791. The first kappa shape index (κ1) is 18.4. The van der Waals surface area contributed by atoms with Gasteiger partial charge in [-0.25, -0.2) is 4.98 Å². The number of hydrogen-bond acceptors (Lipinski definition) is 5. The third-order valence-corrected chi connectivity index (χ3v) is 4.20. The number of anilines is 2. The van der Waals surface area contributed by atoms with Gasteiger partial charge in [-0.05, 0) is 48.4 Å². The SMILES string of the molecule is COc1ccccc1Nc1ccc(C(=O)N(C)CCc2ccncc2)nc1. The number of carbonyl (C=O) groups excluding carboxylic acids is 1. The van der Waals surface area contributed by atoms with Crippen LogP contribution in [-0.2, 0) is 6.42 Å². The van der Waals surface area contributed by atoms with Crippen LogP contribution in [0.5, 0.6) is 5.75 Å². The highest BCUT2D eigenvalue weighted by Gasteiger charge is 2.13. The van der Waals surface area contributed by atoms with E-state index in [2.05, 4.69) is 15.3 Å². The Labute approximate surface area is 158 Å². The molecular formula is C21H22N4O2. The number of benzene rings is 1. The van der Waals surface area contributed by atoms with Crippen molar-refractivity contribution >= 4 is 17.3 Å². The molecule has 0 saturated heterocycles. The molecule has 0 saturated carbocycles. The summed E-state index contributed by atoms with van der Waals surface area (Å²) in [6.07, 6.45) is 5.94. The van der Waals surface area contributed by atoms with Gasteiger partial charge < -0.3 is 15.0 Å². The predicted octanol–water partition coefficient (Wildman–Crippen LogP) is 3.54. The summed E-state index contributed by atoms with van der Waals surface area (Å²) in [6, 6.07) is 15.1. The zero-order valence-electron chi connectivity index (χ0n) is 15.4. The van der Waals surface area contributed by atoms with Crippen molar-refractivity contribution in [1.29, 1.82) is 0 Å². The van der Waals surface area contributed by atoms with Gasteiger partial charge in [0.15, 0.2) is 0 Å². The van der Waals surface area contributed by atoms with Crippen LogP contribution in [0.4, 0.5) is 11.4 Å².